The number of benzene rings is 2. The summed E-state index contributed by atoms with van der Waals surface area (Å²) in [6, 6.07) is 16.4. The van der Waals surface area contributed by atoms with Crippen LogP contribution in [-0.4, -0.2) is 12.8 Å². The van der Waals surface area contributed by atoms with Gasteiger partial charge in [-0.25, -0.2) is 4.79 Å². The van der Waals surface area contributed by atoms with E-state index in [9.17, 15) is 4.79 Å². The highest BCUT2D eigenvalue weighted by atomic mass is 16.7. The second-order valence-corrected chi connectivity index (χ2v) is 3.83. The minimum absolute atomic E-state index is 0.0847. The molecule has 0 heterocycles. The topological polar surface area (TPSA) is 35.5 Å². The number of carbonyl (C=O) groups excluding carboxylic acids is 1. The average Bonchev–Trinajstić information content (AvgIpc) is 2.42. The van der Waals surface area contributed by atoms with Crippen LogP contribution >= 0.6 is 0 Å². The van der Waals surface area contributed by atoms with Crippen molar-refractivity contribution in [3.63, 3.8) is 0 Å². The molecule has 0 aromatic heterocycles. The molecule has 92 valence electrons. The lowest BCUT2D eigenvalue weighted by molar-refractivity contribution is 0.0152. The molecule has 0 unspecified atom stereocenters. The standard InChI is InChI=1S/C15H14O3/c1-12-7-5-6-10-14(12)17-11-18-15(16)13-8-3-2-4-9-13/h2-10H,11H2,1H3. The van der Waals surface area contributed by atoms with Crippen molar-refractivity contribution in [2.75, 3.05) is 6.79 Å². The lowest BCUT2D eigenvalue weighted by Crippen LogP contribution is -2.10. The van der Waals surface area contributed by atoms with Gasteiger partial charge in [0.25, 0.3) is 0 Å². The molecule has 2 aromatic carbocycles. The van der Waals surface area contributed by atoms with Crippen molar-refractivity contribution in [2.45, 2.75) is 6.92 Å². The summed E-state index contributed by atoms with van der Waals surface area (Å²) in [5, 5.41) is 0. The van der Waals surface area contributed by atoms with Crippen LogP contribution in [0, 0.1) is 6.92 Å². The predicted molar refractivity (Wildman–Crippen MR) is 68.5 cm³/mol. The number of esters is 1. The molecule has 3 nitrogen and oxygen atoms in total. The molecule has 0 fully saturated rings. The zero-order chi connectivity index (χ0) is 12.8. The van der Waals surface area contributed by atoms with Gasteiger partial charge >= 0.3 is 5.97 Å². The third-order valence-corrected chi connectivity index (χ3v) is 2.51. The Morgan fingerprint density at radius 2 is 1.67 bits per heavy atom. The highest BCUT2D eigenvalue weighted by molar-refractivity contribution is 5.89. The molecule has 0 bridgehead atoms. The first-order valence-electron chi connectivity index (χ1n) is 5.68. The summed E-state index contributed by atoms with van der Waals surface area (Å²) in [5.41, 5.74) is 1.53. The summed E-state index contributed by atoms with van der Waals surface area (Å²) < 4.78 is 10.4. The zero-order valence-electron chi connectivity index (χ0n) is 10.1. The van der Waals surface area contributed by atoms with Crippen molar-refractivity contribution in [3.05, 3.63) is 65.7 Å². The molecule has 0 saturated heterocycles. The van der Waals surface area contributed by atoms with Gasteiger partial charge in [0.05, 0.1) is 5.56 Å². The van der Waals surface area contributed by atoms with Gasteiger partial charge in [0.15, 0.2) is 0 Å². The van der Waals surface area contributed by atoms with Crippen LogP contribution in [0.3, 0.4) is 0 Å². The lowest BCUT2D eigenvalue weighted by atomic mass is 10.2. The Bertz CT molecular complexity index is 520. The second kappa shape index (κ2) is 5.87. The number of hydrogen-bond acceptors (Lipinski definition) is 3. The SMILES string of the molecule is Cc1ccccc1OCOC(=O)c1ccccc1. The maximum atomic E-state index is 11.6. The van der Waals surface area contributed by atoms with Crippen molar-refractivity contribution in [3.8, 4) is 5.75 Å². The molecule has 0 aliphatic heterocycles. The van der Waals surface area contributed by atoms with Crippen LogP contribution in [0.1, 0.15) is 15.9 Å². The number of para-hydroxylation sites is 1. The molecule has 2 rings (SSSR count). The minimum Gasteiger partial charge on any atom is -0.457 e. The van der Waals surface area contributed by atoms with Crippen LogP contribution in [0.25, 0.3) is 0 Å². The van der Waals surface area contributed by atoms with E-state index in [0.717, 1.165) is 11.3 Å². The number of rotatable bonds is 4. The van der Waals surface area contributed by atoms with Crippen LogP contribution < -0.4 is 4.74 Å². The van der Waals surface area contributed by atoms with Crippen molar-refractivity contribution < 1.29 is 14.3 Å². The van der Waals surface area contributed by atoms with Gasteiger partial charge in [-0.15, -0.1) is 0 Å². The van der Waals surface area contributed by atoms with Crippen LogP contribution in [0.15, 0.2) is 54.6 Å². The monoisotopic (exact) mass is 242 g/mol. The summed E-state index contributed by atoms with van der Waals surface area (Å²) in [6.45, 7) is 1.85. The number of aryl methyl sites for hydroxylation is 1. The van der Waals surface area contributed by atoms with Gasteiger partial charge < -0.3 is 9.47 Å². The Morgan fingerprint density at radius 3 is 2.39 bits per heavy atom. The Balaban J connectivity index is 1.86. The van der Waals surface area contributed by atoms with Crippen LogP contribution in [0.4, 0.5) is 0 Å². The van der Waals surface area contributed by atoms with Crippen molar-refractivity contribution in [1.82, 2.24) is 0 Å². The van der Waals surface area contributed by atoms with Crippen LogP contribution in [0.2, 0.25) is 0 Å². The van der Waals surface area contributed by atoms with Crippen molar-refractivity contribution in [1.29, 1.82) is 0 Å². The average molecular weight is 242 g/mol. The van der Waals surface area contributed by atoms with E-state index >= 15 is 0 Å². The normalized spacial score (nSPS) is 9.83. The first-order chi connectivity index (χ1) is 8.77. The fraction of sp³-hybridized carbons (Fsp3) is 0.133. The highest BCUT2D eigenvalue weighted by Gasteiger charge is 2.06. The minimum atomic E-state index is -0.385. The van der Waals surface area contributed by atoms with E-state index < -0.39 is 0 Å². The lowest BCUT2D eigenvalue weighted by Gasteiger charge is -2.09. The van der Waals surface area contributed by atoms with Crippen LogP contribution in [0.5, 0.6) is 5.75 Å². The molecule has 0 radical (unpaired) electrons. The maximum Gasteiger partial charge on any atom is 0.340 e. The van der Waals surface area contributed by atoms with Gasteiger partial charge in [-0.2, -0.15) is 0 Å². The molecule has 0 N–H and O–H groups in total. The first-order valence-corrected chi connectivity index (χ1v) is 5.68. The molecule has 0 aliphatic carbocycles. The molecule has 0 atom stereocenters. The number of hydrogen-bond donors (Lipinski definition) is 0. The molecule has 3 heteroatoms. The fourth-order valence-corrected chi connectivity index (χ4v) is 1.52. The molecule has 0 aliphatic rings. The molecule has 18 heavy (non-hydrogen) atoms. The third kappa shape index (κ3) is 3.10. The second-order valence-electron chi connectivity index (χ2n) is 3.83. The molecular weight excluding hydrogens is 228 g/mol. The Morgan fingerprint density at radius 1 is 1.00 bits per heavy atom. The van der Waals surface area contributed by atoms with Gasteiger partial charge in [-0.1, -0.05) is 36.4 Å². The summed E-state index contributed by atoms with van der Waals surface area (Å²) in [6.07, 6.45) is 0. The van der Waals surface area contributed by atoms with E-state index in [1.807, 2.05) is 37.3 Å². The van der Waals surface area contributed by atoms with Crippen LogP contribution in [-0.2, 0) is 4.74 Å². The highest BCUT2D eigenvalue weighted by Crippen LogP contribution is 2.16. The Labute approximate surface area is 106 Å². The van der Waals surface area contributed by atoms with Gasteiger partial charge in [-0.05, 0) is 30.7 Å². The van der Waals surface area contributed by atoms with E-state index in [1.54, 1.807) is 24.3 Å². The summed E-state index contributed by atoms with van der Waals surface area (Å²) in [4.78, 5) is 11.6. The van der Waals surface area contributed by atoms with E-state index in [-0.39, 0.29) is 12.8 Å². The Kier molecular flexibility index (Phi) is 3.97. The van der Waals surface area contributed by atoms with Gasteiger partial charge in [0.2, 0.25) is 6.79 Å². The van der Waals surface area contributed by atoms with Crippen molar-refractivity contribution >= 4 is 5.97 Å². The zero-order valence-corrected chi connectivity index (χ0v) is 10.1. The van der Waals surface area contributed by atoms with Gasteiger partial charge in [-0.3, -0.25) is 0 Å². The molecule has 0 saturated carbocycles. The quantitative estimate of drug-likeness (QED) is 0.610. The summed E-state index contributed by atoms with van der Waals surface area (Å²) >= 11 is 0. The maximum absolute atomic E-state index is 11.6. The predicted octanol–water partition coefficient (Wildman–Crippen LogP) is 3.19. The van der Waals surface area contributed by atoms with E-state index in [2.05, 4.69) is 0 Å². The molecule has 0 amide bonds. The third-order valence-electron chi connectivity index (χ3n) is 2.51. The molecular formula is C15H14O3. The van der Waals surface area contributed by atoms with E-state index in [4.69, 9.17) is 9.47 Å². The van der Waals surface area contributed by atoms with Gasteiger partial charge in [0, 0.05) is 0 Å². The van der Waals surface area contributed by atoms with E-state index in [0.29, 0.717) is 5.56 Å². The van der Waals surface area contributed by atoms with Crippen molar-refractivity contribution in [2.24, 2.45) is 0 Å². The summed E-state index contributed by atoms with van der Waals surface area (Å²) in [7, 11) is 0. The fourth-order valence-electron chi connectivity index (χ4n) is 1.52. The molecule has 0 spiro atoms. The molecule has 2 aromatic rings. The largest absolute Gasteiger partial charge is 0.457 e. The first kappa shape index (κ1) is 12.2. The van der Waals surface area contributed by atoms with E-state index in [1.165, 1.54) is 0 Å². The van der Waals surface area contributed by atoms with Gasteiger partial charge in [0.1, 0.15) is 5.75 Å². The smallest absolute Gasteiger partial charge is 0.340 e. The Hall–Kier alpha value is -2.29. The summed E-state index contributed by atoms with van der Waals surface area (Å²) in [5.74, 6) is 0.336. The number of carbonyl (C=O) groups is 1. The number of ether oxygens (including phenoxy) is 2.